The Hall–Kier alpha value is -2.22. The maximum Gasteiger partial charge on any atom is 0.162 e. The summed E-state index contributed by atoms with van der Waals surface area (Å²) < 4.78 is 13.7. The zero-order chi connectivity index (χ0) is 22.7. The molecule has 1 unspecified atom stereocenters. The van der Waals surface area contributed by atoms with Crippen LogP contribution >= 0.6 is 0 Å². The van der Waals surface area contributed by atoms with Crippen LogP contribution in [-0.2, 0) is 4.79 Å². The van der Waals surface area contributed by atoms with Crippen LogP contribution in [0.1, 0.15) is 57.9 Å². The molecule has 0 saturated heterocycles. The SMILES string of the molecule is CC1CC(/C=C/[C@H]2[C@@H]3CCCC[C@H]3C[C@H]3C(=O)C4=C([CH]4)[C@H](C)[C@@H]23)=CC=C1c1cccc(F)c1. The molecule has 1 radical (unpaired) electrons. The lowest BCUT2D eigenvalue weighted by Gasteiger charge is -2.50. The molecule has 6 rings (SSSR count). The fourth-order valence-electron chi connectivity index (χ4n) is 7.72. The lowest BCUT2D eigenvalue weighted by molar-refractivity contribution is -0.126. The largest absolute Gasteiger partial charge is 0.294 e. The molecule has 7 atom stereocenters. The molecule has 1 aromatic carbocycles. The maximum absolute atomic E-state index is 13.7. The summed E-state index contributed by atoms with van der Waals surface area (Å²) in [6.45, 7) is 4.60. The lowest BCUT2D eigenvalue weighted by atomic mass is 9.53. The summed E-state index contributed by atoms with van der Waals surface area (Å²) >= 11 is 0. The molecule has 0 N–H and O–H groups in total. The second-order valence-corrected chi connectivity index (χ2v) is 11.2. The highest BCUT2D eigenvalue weighted by Gasteiger charge is 2.55. The van der Waals surface area contributed by atoms with E-state index < -0.39 is 0 Å². The molecule has 1 aromatic rings. The van der Waals surface area contributed by atoms with Gasteiger partial charge in [-0.15, -0.1) is 0 Å². The Bertz CT molecular complexity index is 1100. The zero-order valence-corrected chi connectivity index (χ0v) is 19.8. The van der Waals surface area contributed by atoms with Crippen LogP contribution < -0.4 is 0 Å². The number of allylic oxidation sites excluding steroid dienone is 8. The molecule has 2 saturated carbocycles. The van der Waals surface area contributed by atoms with Crippen molar-refractivity contribution in [3.05, 3.63) is 83.1 Å². The lowest BCUT2D eigenvalue weighted by Crippen LogP contribution is -2.47. The van der Waals surface area contributed by atoms with E-state index >= 15 is 0 Å². The molecule has 1 nitrogen and oxygen atoms in total. The predicted molar refractivity (Wildman–Crippen MR) is 131 cm³/mol. The van der Waals surface area contributed by atoms with Gasteiger partial charge in [0.25, 0.3) is 0 Å². The minimum absolute atomic E-state index is 0.175. The van der Waals surface area contributed by atoms with Crippen molar-refractivity contribution in [3.63, 3.8) is 0 Å². The van der Waals surface area contributed by atoms with E-state index in [9.17, 15) is 9.18 Å². The van der Waals surface area contributed by atoms with Gasteiger partial charge in [0.1, 0.15) is 5.82 Å². The van der Waals surface area contributed by atoms with Crippen molar-refractivity contribution in [1.82, 2.24) is 0 Å². The van der Waals surface area contributed by atoms with Gasteiger partial charge in [0.05, 0.1) is 0 Å². The molecule has 5 aliphatic carbocycles. The van der Waals surface area contributed by atoms with E-state index in [1.54, 1.807) is 12.1 Å². The number of hydrogen-bond donors (Lipinski definition) is 0. The van der Waals surface area contributed by atoms with E-state index in [2.05, 4.69) is 44.6 Å². The summed E-state index contributed by atoms with van der Waals surface area (Å²) in [6.07, 6.45) is 18.8. The van der Waals surface area contributed by atoms with Gasteiger partial charge < -0.3 is 0 Å². The number of halogens is 1. The van der Waals surface area contributed by atoms with Crippen LogP contribution in [0.4, 0.5) is 4.39 Å². The van der Waals surface area contributed by atoms with E-state index in [0.717, 1.165) is 29.9 Å². The first-order valence-corrected chi connectivity index (χ1v) is 13.0. The van der Waals surface area contributed by atoms with Gasteiger partial charge in [0.2, 0.25) is 0 Å². The third-order valence-corrected chi connectivity index (χ3v) is 9.37. The third kappa shape index (κ3) is 3.70. The van der Waals surface area contributed by atoms with Crippen molar-refractivity contribution in [2.24, 2.45) is 41.4 Å². The Kier molecular flexibility index (Phi) is 5.31. The van der Waals surface area contributed by atoms with E-state index in [1.807, 2.05) is 6.07 Å². The number of ketones is 1. The van der Waals surface area contributed by atoms with Gasteiger partial charge in [-0.05, 0) is 83.6 Å². The highest BCUT2D eigenvalue weighted by molar-refractivity contribution is 6.08. The Labute approximate surface area is 197 Å². The summed E-state index contributed by atoms with van der Waals surface area (Å²) in [6, 6.07) is 6.95. The first-order chi connectivity index (χ1) is 16.0. The van der Waals surface area contributed by atoms with Crippen molar-refractivity contribution < 1.29 is 9.18 Å². The van der Waals surface area contributed by atoms with Crippen molar-refractivity contribution in [3.8, 4) is 0 Å². The van der Waals surface area contributed by atoms with Crippen LogP contribution in [0, 0.1) is 53.7 Å². The normalized spacial score (nSPS) is 37.8. The zero-order valence-electron chi connectivity index (χ0n) is 19.8. The number of rotatable bonds is 3. The van der Waals surface area contributed by atoms with Gasteiger partial charge in [-0.2, -0.15) is 0 Å². The van der Waals surface area contributed by atoms with Gasteiger partial charge in [-0.3, -0.25) is 4.79 Å². The van der Waals surface area contributed by atoms with Crippen molar-refractivity contribution in [2.45, 2.75) is 52.4 Å². The van der Waals surface area contributed by atoms with E-state index in [0.29, 0.717) is 35.4 Å². The monoisotopic (exact) mass is 441 g/mol. The summed E-state index contributed by atoms with van der Waals surface area (Å²) in [5.41, 5.74) is 5.97. The first kappa shape index (κ1) is 21.3. The average Bonchev–Trinajstić information content (AvgIpc) is 3.62. The molecule has 0 heterocycles. The number of Topliss-reactive ketones (excluding diaryl/α,β-unsaturated/α-hetero) is 1. The molecular formula is C31H34FO. The fraction of sp³-hybridized carbons (Fsp3) is 0.484. The van der Waals surface area contributed by atoms with Crippen LogP contribution in [0.3, 0.4) is 0 Å². The van der Waals surface area contributed by atoms with Crippen LogP contribution in [0.5, 0.6) is 0 Å². The van der Waals surface area contributed by atoms with E-state index in [1.165, 1.54) is 48.5 Å². The third-order valence-electron chi connectivity index (χ3n) is 9.37. The van der Waals surface area contributed by atoms with Gasteiger partial charge in [0.15, 0.2) is 5.78 Å². The van der Waals surface area contributed by atoms with Crippen molar-refractivity contribution in [1.29, 1.82) is 0 Å². The molecule has 0 aliphatic heterocycles. The van der Waals surface area contributed by atoms with Gasteiger partial charge >= 0.3 is 0 Å². The van der Waals surface area contributed by atoms with E-state index in [4.69, 9.17) is 0 Å². The Morgan fingerprint density at radius 3 is 2.76 bits per heavy atom. The molecule has 0 aromatic heterocycles. The molecular weight excluding hydrogens is 407 g/mol. The second-order valence-electron chi connectivity index (χ2n) is 11.2. The average molecular weight is 442 g/mol. The maximum atomic E-state index is 13.7. The quantitative estimate of drug-likeness (QED) is 0.474. The van der Waals surface area contributed by atoms with Crippen LogP contribution in [0.2, 0.25) is 0 Å². The highest BCUT2D eigenvalue weighted by Crippen LogP contribution is 2.59. The van der Waals surface area contributed by atoms with Gasteiger partial charge in [0, 0.05) is 17.9 Å². The molecule has 171 valence electrons. The number of carbonyl (C=O) groups excluding carboxylic acids is 1. The van der Waals surface area contributed by atoms with Gasteiger partial charge in [-0.25, -0.2) is 4.39 Å². The molecule has 33 heavy (non-hydrogen) atoms. The Balaban J connectivity index is 1.29. The predicted octanol–water partition coefficient (Wildman–Crippen LogP) is 7.52. The molecule has 0 spiro atoms. The topological polar surface area (TPSA) is 17.1 Å². The smallest absolute Gasteiger partial charge is 0.162 e. The van der Waals surface area contributed by atoms with Crippen LogP contribution in [0.25, 0.3) is 5.57 Å². The minimum atomic E-state index is -0.175. The molecule has 0 bridgehead atoms. The standard InChI is InChI=1S/C31H34FO/c1-18-14-20(10-12-24(18)21-7-5-8-23(32)15-21)11-13-26-25-9-4-3-6-22(25)16-29-30(26)19(2)27-17-28(27)31(29)33/h5,7-8,10-13,15,17-19,22,25-26,29-30H,3-4,6,9,14,16H2,1-2H3/b13-11+/t18?,19-,22-,25+,26-,29+,30-/m0/s1. The Morgan fingerprint density at radius 2 is 1.94 bits per heavy atom. The summed E-state index contributed by atoms with van der Waals surface area (Å²) in [5.74, 6) is 3.78. The van der Waals surface area contributed by atoms with Crippen LogP contribution in [0.15, 0.2) is 65.3 Å². The Morgan fingerprint density at radius 1 is 1.09 bits per heavy atom. The van der Waals surface area contributed by atoms with Crippen LogP contribution in [-0.4, -0.2) is 5.78 Å². The second kappa shape index (κ2) is 8.22. The van der Waals surface area contributed by atoms with E-state index in [-0.39, 0.29) is 11.7 Å². The summed E-state index contributed by atoms with van der Waals surface area (Å²) in [7, 11) is 0. The summed E-state index contributed by atoms with van der Waals surface area (Å²) in [5, 5.41) is 0. The fourth-order valence-corrected chi connectivity index (χ4v) is 7.72. The van der Waals surface area contributed by atoms with Crippen molar-refractivity contribution >= 4 is 11.4 Å². The van der Waals surface area contributed by atoms with Crippen molar-refractivity contribution in [2.75, 3.05) is 0 Å². The minimum Gasteiger partial charge on any atom is -0.294 e. The van der Waals surface area contributed by atoms with Gasteiger partial charge in [-0.1, -0.05) is 75.1 Å². The summed E-state index contributed by atoms with van der Waals surface area (Å²) in [4.78, 5) is 13.2. The number of fused-ring (bicyclic) bond motifs is 2. The first-order valence-electron chi connectivity index (χ1n) is 13.0. The molecule has 2 fully saturated rings. The molecule has 5 aliphatic rings. The molecule has 2 heteroatoms. The highest BCUT2D eigenvalue weighted by atomic mass is 19.1. The number of benzene rings is 1. The number of carbonyl (C=O) groups is 1. The number of hydrogen-bond acceptors (Lipinski definition) is 1. The molecule has 0 amide bonds.